The molecule has 1 aliphatic rings. The predicted molar refractivity (Wildman–Crippen MR) is 76.1 cm³/mol. The fourth-order valence-electron chi connectivity index (χ4n) is 2.56. The highest BCUT2D eigenvalue weighted by Gasteiger charge is 2.33. The Morgan fingerprint density at radius 3 is 2.63 bits per heavy atom. The smallest absolute Gasteiger partial charge is 0.234 e. The number of rotatable bonds is 2. The Kier molecular flexibility index (Phi) is 4.03. The predicted octanol–water partition coefficient (Wildman–Crippen LogP) is 3.25. The molecule has 3 nitrogen and oxygen atoms in total. The van der Waals surface area contributed by atoms with Gasteiger partial charge in [-0.3, -0.25) is 9.59 Å². The highest BCUT2D eigenvalue weighted by Crippen LogP contribution is 2.26. The lowest BCUT2D eigenvalue weighted by molar-refractivity contribution is -0.135. The molecule has 102 valence electrons. The van der Waals surface area contributed by atoms with Crippen LogP contribution in [0.1, 0.15) is 37.3 Å². The third kappa shape index (κ3) is 3.03. The molecule has 1 aliphatic carbocycles. The van der Waals surface area contributed by atoms with Gasteiger partial charge in [0.1, 0.15) is 5.78 Å². The first-order valence-corrected chi connectivity index (χ1v) is 6.91. The molecule has 1 fully saturated rings. The van der Waals surface area contributed by atoms with Gasteiger partial charge in [-0.2, -0.15) is 0 Å². The number of anilines is 1. The van der Waals surface area contributed by atoms with E-state index >= 15 is 0 Å². The monoisotopic (exact) mass is 259 g/mol. The van der Waals surface area contributed by atoms with E-state index in [9.17, 15) is 9.59 Å². The first-order chi connectivity index (χ1) is 8.99. The number of Topliss-reactive ketones (excluding diaryl/α,β-unsaturated/α-hetero) is 1. The third-order valence-electron chi connectivity index (χ3n) is 4.05. The molecule has 3 heteroatoms. The number of hydrogen-bond acceptors (Lipinski definition) is 2. The van der Waals surface area contributed by atoms with Crippen molar-refractivity contribution < 1.29 is 9.59 Å². The summed E-state index contributed by atoms with van der Waals surface area (Å²) in [6.07, 6.45) is 2.55. The van der Waals surface area contributed by atoms with Crippen LogP contribution in [0.15, 0.2) is 18.2 Å². The van der Waals surface area contributed by atoms with Crippen molar-refractivity contribution in [3.8, 4) is 0 Å². The number of carbonyl (C=O) groups is 2. The number of amides is 1. The maximum atomic E-state index is 12.2. The average molecular weight is 259 g/mol. The lowest BCUT2D eigenvalue weighted by atomic mass is 9.80. The molecule has 2 unspecified atom stereocenters. The fourth-order valence-corrected chi connectivity index (χ4v) is 2.56. The molecule has 2 rings (SSSR count). The number of aryl methyl sites for hydroxylation is 2. The Morgan fingerprint density at radius 1 is 1.21 bits per heavy atom. The Hall–Kier alpha value is -1.64. The summed E-state index contributed by atoms with van der Waals surface area (Å²) in [5.41, 5.74) is 3.11. The first-order valence-electron chi connectivity index (χ1n) is 6.91. The van der Waals surface area contributed by atoms with Crippen molar-refractivity contribution in [1.29, 1.82) is 0 Å². The number of hydrogen-bond donors (Lipinski definition) is 1. The van der Waals surface area contributed by atoms with E-state index in [4.69, 9.17) is 0 Å². The summed E-state index contributed by atoms with van der Waals surface area (Å²) in [6, 6.07) is 5.82. The van der Waals surface area contributed by atoms with Crippen LogP contribution in [0.5, 0.6) is 0 Å². The van der Waals surface area contributed by atoms with Gasteiger partial charge in [0.15, 0.2) is 0 Å². The molecule has 0 heterocycles. The molecule has 0 bridgehead atoms. The molecular weight excluding hydrogens is 238 g/mol. The second-order valence-electron chi connectivity index (χ2n) is 5.58. The molecule has 2 atom stereocenters. The van der Waals surface area contributed by atoms with Gasteiger partial charge in [0.05, 0.1) is 5.92 Å². The van der Waals surface area contributed by atoms with Crippen LogP contribution in [0.2, 0.25) is 0 Å². The summed E-state index contributed by atoms with van der Waals surface area (Å²) in [6.45, 7) is 5.96. The van der Waals surface area contributed by atoms with Crippen LogP contribution in [0.4, 0.5) is 5.69 Å². The summed E-state index contributed by atoms with van der Waals surface area (Å²) >= 11 is 0. The zero-order valence-electron chi connectivity index (χ0n) is 11.8. The molecule has 0 aromatic heterocycles. The zero-order valence-corrected chi connectivity index (χ0v) is 11.8. The van der Waals surface area contributed by atoms with E-state index in [0.717, 1.165) is 24.1 Å². The number of benzene rings is 1. The molecule has 0 radical (unpaired) electrons. The van der Waals surface area contributed by atoms with Crippen LogP contribution in [0.25, 0.3) is 0 Å². The van der Waals surface area contributed by atoms with E-state index in [0.29, 0.717) is 6.42 Å². The lowest BCUT2D eigenvalue weighted by Gasteiger charge is -2.24. The van der Waals surface area contributed by atoms with Gasteiger partial charge in [0, 0.05) is 11.6 Å². The number of carbonyl (C=O) groups excluding carboxylic acids is 2. The van der Waals surface area contributed by atoms with Crippen molar-refractivity contribution in [3.63, 3.8) is 0 Å². The molecular formula is C16H21NO2. The largest absolute Gasteiger partial charge is 0.325 e. The molecule has 19 heavy (non-hydrogen) atoms. The molecule has 0 aliphatic heterocycles. The highest BCUT2D eigenvalue weighted by molar-refractivity contribution is 6.08. The molecule has 1 aromatic carbocycles. The van der Waals surface area contributed by atoms with Crippen molar-refractivity contribution in [1.82, 2.24) is 0 Å². The molecule has 1 aromatic rings. The fraction of sp³-hybridized carbons (Fsp3) is 0.500. The van der Waals surface area contributed by atoms with Gasteiger partial charge >= 0.3 is 0 Å². The summed E-state index contributed by atoms with van der Waals surface area (Å²) in [7, 11) is 0. The molecule has 1 N–H and O–H groups in total. The van der Waals surface area contributed by atoms with Crippen LogP contribution in [-0.4, -0.2) is 11.7 Å². The average Bonchev–Trinajstić information content (AvgIpc) is 2.37. The minimum atomic E-state index is -0.467. The van der Waals surface area contributed by atoms with Crippen LogP contribution >= 0.6 is 0 Å². The van der Waals surface area contributed by atoms with Gasteiger partial charge in [-0.1, -0.05) is 19.4 Å². The number of ketones is 1. The Bertz CT molecular complexity index is 507. The summed E-state index contributed by atoms with van der Waals surface area (Å²) in [5, 5.41) is 2.87. The normalized spacial score (nSPS) is 23.2. The van der Waals surface area contributed by atoms with E-state index in [1.54, 1.807) is 0 Å². The Labute approximate surface area is 114 Å². The zero-order chi connectivity index (χ0) is 14.0. The van der Waals surface area contributed by atoms with Crippen LogP contribution in [0.3, 0.4) is 0 Å². The summed E-state index contributed by atoms with van der Waals surface area (Å²) in [4.78, 5) is 24.2. The van der Waals surface area contributed by atoms with E-state index in [1.165, 1.54) is 5.56 Å². The van der Waals surface area contributed by atoms with Crippen LogP contribution in [0, 0.1) is 25.7 Å². The Morgan fingerprint density at radius 2 is 1.95 bits per heavy atom. The second kappa shape index (κ2) is 5.55. The quantitative estimate of drug-likeness (QED) is 0.829. The van der Waals surface area contributed by atoms with Crippen molar-refractivity contribution in [2.24, 2.45) is 11.8 Å². The second-order valence-corrected chi connectivity index (χ2v) is 5.58. The van der Waals surface area contributed by atoms with Gasteiger partial charge in [-0.25, -0.2) is 0 Å². The maximum absolute atomic E-state index is 12.2. The number of nitrogens with one attached hydrogen (secondary N) is 1. The van der Waals surface area contributed by atoms with Crippen LogP contribution in [-0.2, 0) is 9.59 Å². The summed E-state index contributed by atoms with van der Waals surface area (Å²) < 4.78 is 0. The third-order valence-corrected chi connectivity index (χ3v) is 4.05. The van der Waals surface area contributed by atoms with Gasteiger partial charge < -0.3 is 5.32 Å². The van der Waals surface area contributed by atoms with Gasteiger partial charge in [-0.15, -0.1) is 0 Å². The Balaban J connectivity index is 2.08. The lowest BCUT2D eigenvalue weighted by Crippen LogP contribution is -2.36. The van der Waals surface area contributed by atoms with Gasteiger partial charge in [-0.05, 0) is 49.9 Å². The van der Waals surface area contributed by atoms with Crippen molar-refractivity contribution in [2.45, 2.75) is 40.0 Å². The van der Waals surface area contributed by atoms with Crippen molar-refractivity contribution in [3.05, 3.63) is 29.3 Å². The van der Waals surface area contributed by atoms with Gasteiger partial charge in [0.2, 0.25) is 5.91 Å². The first kappa shape index (κ1) is 13.8. The van der Waals surface area contributed by atoms with E-state index < -0.39 is 5.92 Å². The summed E-state index contributed by atoms with van der Waals surface area (Å²) in [5.74, 6) is -0.512. The van der Waals surface area contributed by atoms with E-state index in [1.807, 2.05) is 39.0 Å². The molecule has 1 amide bonds. The molecule has 1 saturated carbocycles. The highest BCUT2D eigenvalue weighted by atomic mass is 16.2. The minimum Gasteiger partial charge on any atom is -0.325 e. The van der Waals surface area contributed by atoms with E-state index in [-0.39, 0.29) is 17.6 Å². The van der Waals surface area contributed by atoms with Crippen molar-refractivity contribution in [2.75, 3.05) is 5.32 Å². The van der Waals surface area contributed by atoms with E-state index in [2.05, 4.69) is 5.32 Å². The maximum Gasteiger partial charge on any atom is 0.234 e. The van der Waals surface area contributed by atoms with Crippen molar-refractivity contribution >= 4 is 17.4 Å². The minimum absolute atomic E-state index is 0.0178. The van der Waals surface area contributed by atoms with Crippen LogP contribution < -0.4 is 5.32 Å². The molecule has 0 spiro atoms. The molecule has 0 saturated heterocycles. The van der Waals surface area contributed by atoms with Gasteiger partial charge in [0.25, 0.3) is 0 Å². The topological polar surface area (TPSA) is 46.2 Å². The SMILES string of the molecule is Cc1ccc(NC(=O)C2CCCC(C)C2=O)cc1C. The standard InChI is InChI=1S/C16H21NO2/c1-10-7-8-13(9-12(10)3)17-16(19)14-6-4-5-11(2)15(14)18/h7-9,11,14H,4-6H2,1-3H3,(H,17,19).